The van der Waals surface area contributed by atoms with Crippen molar-refractivity contribution in [2.45, 2.75) is 70.9 Å². The molecule has 3 aromatic carbocycles. The number of phenolic OH excluding ortho intramolecular Hbond substituents is 1. The van der Waals surface area contributed by atoms with E-state index in [0.29, 0.717) is 5.75 Å². The van der Waals surface area contributed by atoms with E-state index in [1.807, 2.05) is 18.2 Å². The molecule has 37 heavy (non-hydrogen) atoms. The minimum atomic E-state index is -0.368. The topological polar surface area (TPSA) is 32.7 Å². The van der Waals surface area contributed by atoms with Crippen LogP contribution in [0, 0.1) is 5.82 Å². The van der Waals surface area contributed by atoms with Gasteiger partial charge in [-0.3, -0.25) is 4.90 Å². The molecule has 5 rings (SSSR count). The van der Waals surface area contributed by atoms with Gasteiger partial charge in [0.1, 0.15) is 22.9 Å². The van der Waals surface area contributed by atoms with Crippen molar-refractivity contribution in [1.82, 2.24) is 4.90 Å². The SMILES string of the molecule is CC1(C)Oc2cc(CCCCCCc3ccc(F)cc3)cc(O)c2C2=C1CCN(Cc1ccccc1)C2. The van der Waals surface area contributed by atoms with Crippen molar-refractivity contribution in [1.29, 1.82) is 0 Å². The van der Waals surface area contributed by atoms with Gasteiger partial charge in [-0.25, -0.2) is 4.39 Å². The summed E-state index contributed by atoms with van der Waals surface area (Å²) in [5, 5.41) is 11.1. The number of fused-ring (bicyclic) bond motifs is 2. The number of rotatable bonds is 9. The van der Waals surface area contributed by atoms with Crippen LogP contribution in [0.3, 0.4) is 0 Å². The average molecular weight is 500 g/mol. The summed E-state index contributed by atoms with van der Waals surface area (Å²) in [6.07, 6.45) is 7.32. The summed E-state index contributed by atoms with van der Waals surface area (Å²) in [7, 11) is 0. The fraction of sp³-hybridized carbons (Fsp3) is 0.394. The van der Waals surface area contributed by atoms with Gasteiger partial charge in [-0.2, -0.15) is 0 Å². The monoisotopic (exact) mass is 499 g/mol. The molecule has 0 aliphatic carbocycles. The molecule has 4 heteroatoms. The van der Waals surface area contributed by atoms with Crippen LogP contribution in [-0.2, 0) is 19.4 Å². The summed E-state index contributed by atoms with van der Waals surface area (Å²) in [6, 6.07) is 21.5. The van der Waals surface area contributed by atoms with Crippen LogP contribution in [0.1, 0.15) is 68.2 Å². The van der Waals surface area contributed by atoms with Crippen molar-refractivity contribution < 1.29 is 14.2 Å². The van der Waals surface area contributed by atoms with Crippen LogP contribution in [0.25, 0.3) is 5.57 Å². The van der Waals surface area contributed by atoms with Gasteiger partial charge in [0, 0.05) is 19.6 Å². The summed E-state index contributed by atoms with van der Waals surface area (Å²) >= 11 is 0. The molecule has 0 amide bonds. The van der Waals surface area contributed by atoms with Gasteiger partial charge in [0.2, 0.25) is 0 Å². The van der Waals surface area contributed by atoms with E-state index in [1.165, 1.54) is 34.4 Å². The van der Waals surface area contributed by atoms with Crippen molar-refractivity contribution >= 4 is 5.57 Å². The first-order chi connectivity index (χ1) is 17.9. The maximum absolute atomic E-state index is 13.1. The number of phenols is 1. The highest BCUT2D eigenvalue weighted by atomic mass is 19.1. The molecular weight excluding hydrogens is 461 g/mol. The third kappa shape index (κ3) is 6.07. The number of aromatic hydroxyl groups is 1. The van der Waals surface area contributed by atoms with E-state index in [2.05, 4.69) is 55.1 Å². The van der Waals surface area contributed by atoms with E-state index < -0.39 is 0 Å². The Morgan fingerprint density at radius 3 is 2.30 bits per heavy atom. The number of unbranched alkanes of at least 4 members (excludes halogenated alkanes) is 3. The number of ether oxygens (including phenoxy) is 1. The maximum Gasteiger partial charge on any atom is 0.132 e. The molecule has 0 radical (unpaired) electrons. The van der Waals surface area contributed by atoms with Gasteiger partial charge in [0.25, 0.3) is 0 Å². The molecule has 2 aliphatic rings. The lowest BCUT2D eigenvalue weighted by Gasteiger charge is -2.42. The lowest BCUT2D eigenvalue weighted by molar-refractivity contribution is 0.129. The molecule has 3 nitrogen and oxygen atoms in total. The van der Waals surface area contributed by atoms with E-state index in [9.17, 15) is 9.50 Å². The minimum absolute atomic E-state index is 0.176. The molecule has 1 N–H and O–H groups in total. The molecule has 0 aromatic heterocycles. The molecule has 2 heterocycles. The third-order valence-electron chi connectivity index (χ3n) is 7.80. The van der Waals surface area contributed by atoms with Crippen molar-refractivity contribution in [2.24, 2.45) is 0 Å². The predicted molar refractivity (Wildman–Crippen MR) is 148 cm³/mol. The number of hydrogen-bond acceptors (Lipinski definition) is 3. The molecule has 0 fully saturated rings. The van der Waals surface area contributed by atoms with E-state index in [-0.39, 0.29) is 11.4 Å². The van der Waals surface area contributed by atoms with E-state index >= 15 is 0 Å². The summed E-state index contributed by atoms with van der Waals surface area (Å²) in [4.78, 5) is 2.47. The van der Waals surface area contributed by atoms with E-state index in [0.717, 1.165) is 81.5 Å². The molecule has 0 atom stereocenters. The summed E-state index contributed by atoms with van der Waals surface area (Å²) in [5.74, 6) is 0.981. The van der Waals surface area contributed by atoms with Crippen LogP contribution in [0.5, 0.6) is 11.5 Å². The zero-order valence-corrected chi connectivity index (χ0v) is 22.1. The van der Waals surface area contributed by atoms with Crippen LogP contribution in [-0.4, -0.2) is 28.7 Å². The molecule has 0 bridgehead atoms. The molecule has 0 unspecified atom stereocenters. The summed E-state index contributed by atoms with van der Waals surface area (Å²) in [6.45, 7) is 7.04. The highest BCUT2D eigenvalue weighted by Gasteiger charge is 2.38. The summed E-state index contributed by atoms with van der Waals surface area (Å²) < 4.78 is 19.6. The zero-order valence-electron chi connectivity index (χ0n) is 22.1. The molecule has 3 aromatic rings. The smallest absolute Gasteiger partial charge is 0.132 e. The number of nitrogens with zero attached hydrogens (tertiary/aromatic N) is 1. The Balaban J connectivity index is 1.22. The molecule has 0 saturated heterocycles. The highest BCUT2D eigenvalue weighted by molar-refractivity contribution is 5.82. The summed E-state index contributed by atoms with van der Waals surface area (Å²) in [5.41, 5.74) is 6.70. The Hall–Kier alpha value is -3.11. The van der Waals surface area contributed by atoms with Crippen LogP contribution in [0.2, 0.25) is 0 Å². The van der Waals surface area contributed by atoms with Gasteiger partial charge in [0.05, 0.1) is 5.56 Å². The van der Waals surface area contributed by atoms with Crippen molar-refractivity contribution in [3.8, 4) is 11.5 Å². The standard InChI is InChI=1S/C33H38FNO2/c1-33(2)29-18-19-35(22-25-11-8-5-9-12-25)23-28(29)32-30(36)20-26(21-31(32)37-33)13-7-4-3-6-10-24-14-16-27(34)17-15-24/h5,8-9,11-12,14-17,20-21,36H,3-4,6-7,10,13,18-19,22-23H2,1-2H3. The number of halogens is 1. The zero-order chi connectivity index (χ0) is 25.8. The normalized spacial score (nSPS) is 16.7. The maximum atomic E-state index is 13.1. The van der Waals surface area contributed by atoms with Gasteiger partial charge in [-0.15, -0.1) is 0 Å². The van der Waals surface area contributed by atoms with Gasteiger partial charge >= 0.3 is 0 Å². The van der Waals surface area contributed by atoms with Gasteiger partial charge < -0.3 is 9.84 Å². The van der Waals surface area contributed by atoms with Crippen LogP contribution in [0.4, 0.5) is 4.39 Å². The Morgan fingerprint density at radius 2 is 1.57 bits per heavy atom. The van der Waals surface area contributed by atoms with Crippen molar-refractivity contribution in [2.75, 3.05) is 13.1 Å². The Bertz CT molecular complexity index is 1250. The third-order valence-corrected chi connectivity index (χ3v) is 7.80. The first-order valence-corrected chi connectivity index (χ1v) is 13.7. The Kier molecular flexibility index (Phi) is 7.66. The largest absolute Gasteiger partial charge is 0.507 e. The van der Waals surface area contributed by atoms with Crippen LogP contribution >= 0.6 is 0 Å². The minimum Gasteiger partial charge on any atom is -0.507 e. The first kappa shape index (κ1) is 25.5. The quantitative estimate of drug-likeness (QED) is 0.306. The number of hydrogen-bond donors (Lipinski definition) is 1. The Labute approximate surface area is 220 Å². The van der Waals surface area contributed by atoms with E-state index in [1.54, 1.807) is 0 Å². The molecule has 194 valence electrons. The van der Waals surface area contributed by atoms with Crippen LogP contribution in [0.15, 0.2) is 72.3 Å². The number of aryl methyl sites for hydroxylation is 2. The average Bonchev–Trinajstić information content (AvgIpc) is 2.87. The second-order valence-corrected chi connectivity index (χ2v) is 11.0. The fourth-order valence-corrected chi connectivity index (χ4v) is 5.87. The first-order valence-electron chi connectivity index (χ1n) is 13.7. The molecular formula is C33H38FNO2. The van der Waals surface area contributed by atoms with Crippen molar-refractivity contribution in [3.63, 3.8) is 0 Å². The predicted octanol–water partition coefficient (Wildman–Crippen LogP) is 7.71. The second-order valence-electron chi connectivity index (χ2n) is 11.0. The van der Waals surface area contributed by atoms with Gasteiger partial charge in [-0.05, 0) is 98.1 Å². The molecule has 0 spiro atoms. The van der Waals surface area contributed by atoms with Crippen molar-refractivity contribution in [3.05, 3.63) is 100 Å². The van der Waals surface area contributed by atoms with Crippen LogP contribution < -0.4 is 4.74 Å². The van der Waals surface area contributed by atoms with E-state index in [4.69, 9.17) is 4.74 Å². The Morgan fingerprint density at radius 1 is 0.865 bits per heavy atom. The second kappa shape index (κ2) is 11.1. The van der Waals surface area contributed by atoms with Gasteiger partial charge in [0.15, 0.2) is 0 Å². The lowest BCUT2D eigenvalue weighted by Crippen LogP contribution is -2.42. The molecule has 2 aliphatic heterocycles. The lowest BCUT2D eigenvalue weighted by atomic mass is 9.81. The fourth-order valence-electron chi connectivity index (χ4n) is 5.87. The van der Waals surface area contributed by atoms with Gasteiger partial charge in [-0.1, -0.05) is 55.3 Å². The highest BCUT2D eigenvalue weighted by Crippen LogP contribution is 2.48. The molecule has 0 saturated carbocycles. The number of benzene rings is 3.